The number of aromatic nitrogens is 1. The fourth-order valence-electron chi connectivity index (χ4n) is 1.78. The van der Waals surface area contributed by atoms with Gasteiger partial charge in [0, 0.05) is 22.7 Å². The summed E-state index contributed by atoms with van der Waals surface area (Å²) in [5.41, 5.74) is 2.34. The number of hydrazine groups is 1. The molecule has 114 valence electrons. The van der Waals surface area contributed by atoms with E-state index in [1.165, 1.54) is 13.0 Å². The van der Waals surface area contributed by atoms with Crippen LogP contribution in [-0.4, -0.2) is 4.98 Å². The zero-order valence-electron chi connectivity index (χ0n) is 10.6. The number of benzene rings is 1. The Bertz CT molecular complexity index is 653. The average molecular weight is 323 g/mol. The van der Waals surface area contributed by atoms with Crippen molar-refractivity contribution in [2.75, 3.05) is 0 Å². The molecule has 0 saturated heterocycles. The van der Waals surface area contributed by atoms with Crippen LogP contribution < -0.4 is 11.3 Å². The normalized spacial score (nSPS) is 13.5. The lowest BCUT2D eigenvalue weighted by molar-refractivity contribution is -0.137. The van der Waals surface area contributed by atoms with Gasteiger partial charge in [0.05, 0.1) is 6.04 Å². The zero-order chi connectivity index (χ0) is 15.8. The van der Waals surface area contributed by atoms with E-state index in [-0.39, 0.29) is 16.0 Å². The van der Waals surface area contributed by atoms with Crippen LogP contribution in [0.15, 0.2) is 18.3 Å². The molecule has 0 radical (unpaired) electrons. The first kappa shape index (κ1) is 15.8. The second-order valence-corrected chi connectivity index (χ2v) is 5.35. The second-order valence-electron chi connectivity index (χ2n) is 4.29. The third kappa shape index (κ3) is 3.20. The molecule has 9 heteroatoms. The Morgan fingerprint density at radius 3 is 2.43 bits per heavy atom. The lowest BCUT2D eigenvalue weighted by Gasteiger charge is -2.16. The van der Waals surface area contributed by atoms with Crippen molar-refractivity contribution in [1.82, 2.24) is 10.4 Å². The predicted octanol–water partition coefficient (Wildman–Crippen LogP) is 3.30. The molecule has 1 heterocycles. The molecule has 3 N–H and O–H groups in total. The minimum absolute atomic E-state index is 0.0474. The van der Waals surface area contributed by atoms with Gasteiger partial charge in [-0.1, -0.05) is 0 Å². The van der Waals surface area contributed by atoms with Gasteiger partial charge in [0.2, 0.25) is 0 Å². The van der Waals surface area contributed by atoms with Gasteiger partial charge in [0.1, 0.15) is 11.6 Å². The van der Waals surface area contributed by atoms with E-state index < -0.39 is 28.9 Å². The quantitative estimate of drug-likeness (QED) is 0.518. The molecule has 0 fully saturated rings. The van der Waals surface area contributed by atoms with Gasteiger partial charge in [-0.25, -0.2) is 19.2 Å². The highest BCUT2D eigenvalue weighted by Gasteiger charge is 2.35. The summed E-state index contributed by atoms with van der Waals surface area (Å²) >= 11 is 0.347. The first-order valence-corrected chi connectivity index (χ1v) is 6.50. The minimum Gasteiger partial charge on any atom is -0.271 e. The minimum atomic E-state index is -4.58. The van der Waals surface area contributed by atoms with Gasteiger partial charge in [0.15, 0.2) is 5.01 Å². The van der Waals surface area contributed by atoms with Crippen LogP contribution in [0.25, 0.3) is 0 Å². The number of nitrogens with two attached hydrogens (primary N) is 1. The van der Waals surface area contributed by atoms with Gasteiger partial charge in [-0.3, -0.25) is 5.84 Å². The van der Waals surface area contributed by atoms with Crippen LogP contribution in [0.5, 0.6) is 0 Å². The first-order chi connectivity index (χ1) is 9.74. The Labute approximate surface area is 120 Å². The molecule has 1 unspecified atom stereocenters. The monoisotopic (exact) mass is 323 g/mol. The molecule has 0 aliphatic heterocycles. The second kappa shape index (κ2) is 5.66. The highest BCUT2D eigenvalue weighted by atomic mass is 32.1. The number of nitrogens with one attached hydrogen (secondary N) is 1. The van der Waals surface area contributed by atoms with Gasteiger partial charge in [-0.05, 0) is 18.6 Å². The summed E-state index contributed by atoms with van der Waals surface area (Å²) in [5, 5.41) is -1.06. The van der Waals surface area contributed by atoms with Crippen molar-refractivity contribution < 1.29 is 22.0 Å². The molecule has 0 saturated carbocycles. The average Bonchev–Trinajstić information content (AvgIpc) is 2.86. The SMILES string of the molecule is Cc1cc(C(NN)c2cnc(C(F)(F)F)s2)c(F)cc1F. The van der Waals surface area contributed by atoms with Crippen molar-refractivity contribution >= 4 is 11.3 Å². The highest BCUT2D eigenvalue weighted by molar-refractivity contribution is 7.11. The summed E-state index contributed by atoms with van der Waals surface area (Å²) in [7, 11) is 0. The Kier molecular flexibility index (Phi) is 4.26. The summed E-state index contributed by atoms with van der Waals surface area (Å²) in [6, 6.07) is 0.820. The van der Waals surface area contributed by atoms with Crippen molar-refractivity contribution in [3.8, 4) is 0 Å². The topological polar surface area (TPSA) is 50.9 Å². The molecule has 2 aromatic rings. The molecule has 1 atom stereocenters. The number of nitrogens with zero attached hydrogens (tertiary/aromatic N) is 1. The maximum atomic E-state index is 13.8. The molecule has 3 nitrogen and oxygen atoms in total. The Morgan fingerprint density at radius 2 is 1.90 bits per heavy atom. The number of halogens is 5. The lowest BCUT2D eigenvalue weighted by Crippen LogP contribution is -2.29. The molecule has 0 bridgehead atoms. The molecular formula is C12H10F5N3S. The maximum Gasteiger partial charge on any atom is 0.443 e. The molecule has 0 spiro atoms. The van der Waals surface area contributed by atoms with Crippen LogP contribution in [0.3, 0.4) is 0 Å². The van der Waals surface area contributed by atoms with Crippen molar-refractivity contribution in [1.29, 1.82) is 0 Å². The van der Waals surface area contributed by atoms with E-state index in [0.29, 0.717) is 17.4 Å². The van der Waals surface area contributed by atoms with E-state index in [2.05, 4.69) is 10.4 Å². The number of aryl methyl sites for hydroxylation is 1. The molecule has 21 heavy (non-hydrogen) atoms. The Balaban J connectivity index is 2.45. The predicted molar refractivity (Wildman–Crippen MR) is 67.4 cm³/mol. The highest BCUT2D eigenvalue weighted by Crippen LogP contribution is 2.36. The van der Waals surface area contributed by atoms with Crippen LogP contribution in [0, 0.1) is 18.6 Å². The fraction of sp³-hybridized carbons (Fsp3) is 0.250. The largest absolute Gasteiger partial charge is 0.443 e. The van der Waals surface area contributed by atoms with Crippen LogP contribution in [0.2, 0.25) is 0 Å². The third-order valence-corrected chi connectivity index (χ3v) is 3.91. The van der Waals surface area contributed by atoms with Gasteiger partial charge < -0.3 is 0 Å². The van der Waals surface area contributed by atoms with E-state index in [0.717, 1.165) is 6.20 Å². The Hall–Kier alpha value is -1.58. The molecule has 1 aromatic heterocycles. The lowest BCUT2D eigenvalue weighted by atomic mass is 10.0. The zero-order valence-corrected chi connectivity index (χ0v) is 11.4. The molecular weight excluding hydrogens is 313 g/mol. The third-order valence-electron chi connectivity index (χ3n) is 2.81. The number of hydrogen-bond donors (Lipinski definition) is 2. The summed E-state index contributed by atoms with van der Waals surface area (Å²) in [4.78, 5) is 3.33. The summed E-state index contributed by atoms with van der Waals surface area (Å²) < 4.78 is 64.7. The Morgan fingerprint density at radius 1 is 1.24 bits per heavy atom. The number of rotatable bonds is 3. The van der Waals surface area contributed by atoms with Crippen molar-refractivity contribution in [3.05, 3.63) is 51.0 Å². The molecule has 0 aliphatic rings. The van der Waals surface area contributed by atoms with E-state index >= 15 is 0 Å². The fourth-order valence-corrected chi connectivity index (χ4v) is 2.64. The van der Waals surface area contributed by atoms with Gasteiger partial charge in [-0.2, -0.15) is 13.2 Å². The van der Waals surface area contributed by atoms with Gasteiger partial charge >= 0.3 is 6.18 Å². The molecule has 1 aromatic carbocycles. The van der Waals surface area contributed by atoms with Crippen LogP contribution >= 0.6 is 11.3 Å². The van der Waals surface area contributed by atoms with E-state index in [9.17, 15) is 22.0 Å². The summed E-state index contributed by atoms with van der Waals surface area (Å²) in [5.74, 6) is 3.66. The molecule has 2 rings (SSSR count). The van der Waals surface area contributed by atoms with Crippen LogP contribution in [-0.2, 0) is 6.18 Å². The van der Waals surface area contributed by atoms with Gasteiger partial charge in [-0.15, -0.1) is 11.3 Å². The number of hydrogen-bond acceptors (Lipinski definition) is 4. The van der Waals surface area contributed by atoms with E-state index in [1.807, 2.05) is 0 Å². The van der Waals surface area contributed by atoms with E-state index in [4.69, 9.17) is 5.84 Å². The standard InChI is InChI=1S/C12H10F5N3S/c1-5-2-6(8(14)3-7(5)13)10(20-18)9-4-19-11(21-9)12(15,16)17/h2-4,10,20H,18H2,1H3. The number of thiazole rings is 1. The molecule has 0 aliphatic carbocycles. The van der Waals surface area contributed by atoms with Crippen molar-refractivity contribution in [2.24, 2.45) is 5.84 Å². The van der Waals surface area contributed by atoms with Crippen molar-refractivity contribution in [3.63, 3.8) is 0 Å². The maximum absolute atomic E-state index is 13.8. The smallest absolute Gasteiger partial charge is 0.271 e. The summed E-state index contributed by atoms with van der Waals surface area (Å²) in [6.45, 7) is 1.42. The van der Waals surface area contributed by atoms with Crippen LogP contribution in [0.1, 0.15) is 27.1 Å². The van der Waals surface area contributed by atoms with Crippen LogP contribution in [0.4, 0.5) is 22.0 Å². The molecule has 0 amide bonds. The number of alkyl halides is 3. The van der Waals surface area contributed by atoms with Crippen molar-refractivity contribution in [2.45, 2.75) is 19.1 Å². The van der Waals surface area contributed by atoms with E-state index in [1.54, 1.807) is 0 Å². The summed E-state index contributed by atoms with van der Waals surface area (Å²) in [6.07, 6.45) is -3.62. The first-order valence-electron chi connectivity index (χ1n) is 5.68. The van der Waals surface area contributed by atoms with Gasteiger partial charge in [0.25, 0.3) is 0 Å².